The number of hydrogen-bond donors (Lipinski definition) is 0. The third kappa shape index (κ3) is 3.29. The van der Waals surface area contributed by atoms with E-state index in [0.717, 1.165) is 5.56 Å². The molecule has 92 valence electrons. The first kappa shape index (κ1) is 13.0. The molecule has 0 bridgehead atoms. The zero-order valence-electron chi connectivity index (χ0n) is 9.40. The van der Waals surface area contributed by atoms with Gasteiger partial charge in [-0.25, -0.2) is 4.39 Å². The van der Waals surface area contributed by atoms with Crippen molar-refractivity contribution in [1.29, 1.82) is 0 Å². The van der Waals surface area contributed by atoms with Gasteiger partial charge >= 0.3 is 0 Å². The molecule has 0 N–H and O–H groups in total. The number of benzene rings is 1. The third-order valence-corrected chi connectivity index (χ3v) is 3.14. The quantitative estimate of drug-likeness (QED) is 0.789. The third-order valence-electron chi connectivity index (χ3n) is 2.34. The maximum Gasteiger partial charge on any atom is 0.233 e. The molecule has 0 amide bonds. The number of hydrogen-bond acceptors (Lipinski definition) is 2. The molecule has 0 saturated carbocycles. The molecule has 4 heteroatoms. The highest BCUT2D eigenvalue weighted by atomic mass is 127. The lowest BCUT2D eigenvalue weighted by molar-refractivity contribution is 0.303. The smallest absolute Gasteiger partial charge is 0.233 e. The Kier molecular flexibility index (Phi) is 4.30. The van der Waals surface area contributed by atoms with E-state index in [1.165, 1.54) is 18.2 Å². The lowest BCUT2D eigenvalue weighted by atomic mass is 10.2. The van der Waals surface area contributed by atoms with Gasteiger partial charge < -0.3 is 4.74 Å². The predicted octanol–water partition coefficient (Wildman–Crippen LogP) is 3.37. The summed E-state index contributed by atoms with van der Waals surface area (Å²) in [4.78, 5) is 11.8. The Bertz CT molecular complexity index is 599. The van der Waals surface area contributed by atoms with Crippen molar-refractivity contribution in [3.63, 3.8) is 0 Å². The Hall–Kier alpha value is -1.43. The second kappa shape index (κ2) is 5.95. The first-order valence-electron chi connectivity index (χ1n) is 5.33. The molecule has 0 spiro atoms. The molecule has 2 aromatic rings. The molecular formula is C14H10FIO2. The molecule has 0 atom stereocenters. The van der Waals surface area contributed by atoms with Crippen LogP contribution in [0, 0.1) is 9.39 Å². The Balaban J connectivity index is 2.23. The molecule has 0 aliphatic rings. The first-order chi connectivity index (χ1) is 8.66. The van der Waals surface area contributed by atoms with Crippen molar-refractivity contribution >= 4 is 22.6 Å². The van der Waals surface area contributed by atoms with Crippen LogP contribution >= 0.6 is 22.6 Å². The number of ether oxygens (including phenoxy) is 1. The number of halogens is 2. The van der Waals surface area contributed by atoms with Crippen molar-refractivity contribution < 1.29 is 9.13 Å². The van der Waals surface area contributed by atoms with Gasteiger partial charge in [-0.05, 0) is 46.4 Å². The highest BCUT2D eigenvalue weighted by Gasteiger charge is 2.04. The van der Waals surface area contributed by atoms with E-state index >= 15 is 0 Å². The SMILES string of the molecule is O=c1c(I)cc(F)ccc1OCc1ccccc1. The van der Waals surface area contributed by atoms with E-state index in [1.54, 1.807) is 22.6 Å². The molecule has 0 unspecified atom stereocenters. The van der Waals surface area contributed by atoms with Gasteiger partial charge in [-0.15, -0.1) is 0 Å². The topological polar surface area (TPSA) is 26.3 Å². The summed E-state index contributed by atoms with van der Waals surface area (Å²) in [5.74, 6) is -0.293. The van der Waals surface area contributed by atoms with Crippen molar-refractivity contribution in [1.82, 2.24) is 0 Å². The predicted molar refractivity (Wildman–Crippen MR) is 76.2 cm³/mol. The first-order valence-corrected chi connectivity index (χ1v) is 6.41. The van der Waals surface area contributed by atoms with Crippen molar-refractivity contribution in [3.8, 4) is 5.75 Å². The summed E-state index contributed by atoms with van der Waals surface area (Å²) in [5.41, 5.74) is 0.661. The molecule has 2 rings (SSSR count). The molecule has 2 aromatic carbocycles. The minimum absolute atomic E-state index is 0.159. The fourth-order valence-corrected chi connectivity index (χ4v) is 2.00. The Morgan fingerprint density at radius 1 is 1.11 bits per heavy atom. The summed E-state index contributed by atoms with van der Waals surface area (Å²) in [6, 6.07) is 13.3. The van der Waals surface area contributed by atoms with Gasteiger partial charge in [0, 0.05) is 0 Å². The van der Waals surface area contributed by atoms with Gasteiger partial charge in [-0.1, -0.05) is 30.3 Å². The molecule has 0 radical (unpaired) electrons. The molecule has 0 fully saturated rings. The van der Waals surface area contributed by atoms with Gasteiger partial charge in [-0.2, -0.15) is 0 Å². The maximum absolute atomic E-state index is 13.1. The lowest BCUT2D eigenvalue weighted by Gasteiger charge is -2.03. The molecule has 0 aliphatic carbocycles. The maximum atomic E-state index is 13.1. The van der Waals surface area contributed by atoms with Crippen LogP contribution in [-0.2, 0) is 6.61 Å². The second-order valence-corrected chi connectivity index (χ2v) is 4.84. The molecule has 0 heterocycles. The van der Waals surface area contributed by atoms with Gasteiger partial charge in [0.2, 0.25) is 5.43 Å². The fraction of sp³-hybridized carbons (Fsp3) is 0.0714. The van der Waals surface area contributed by atoms with Crippen molar-refractivity contribution in [2.75, 3.05) is 0 Å². The molecule has 0 saturated heterocycles. The molecule has 18 heavy (non-hydrogen) atoms. The van der Waals surface area contributed by atoms with Crippen LogP contribution in [0.3, 0.4) is 0 Å². The monoisotopic (exact) mass is 356 g/mol. The van der Waals surface area contributed by atoms with Gasteiger partial charge in [0.05, 0.1) is 3.57 Å². The number of rotatable bonds is 3. The fourth-order valence-electron chi connectivity index (χ4n) is 1.43. The van der Waals surface area contributed by atoms with E-state index in [4.69, 9.17) is 4.74 Å². The van der Waals surface area contributed by atoms with Gasteiger partial charge in [-0.3, -0.25) is 4.79 Å². The van der Waals surface area contributed by atoms with Crippen LogP contribution < -0.4 is 10.2 Å². The van der Waals surface area contributed by atoms with E-state index in [-0.39, 0.29) is 17.8 Å². The average molecular weight is 356 g/mol. The van der Waals surface area contributed by atoms with Gasteiger partial charge in [0.1, 0.15) is 12.4 Å². The minimum Gasteiger partial charge on any atom is -0.485 e. The molecule has 2 nitrogen and oxygen atoms in total. The summed E-state index contributed by atoms with van der Waals surface area (Å²) in [5, 5.41) is 0. The van der Waals surface area contributed by atoms with Gasteiger partial charge in [0.15, 0.2) is 5.75 Å². The summed E-state index contributed by atoms with van der Waals surface area (Å²) in [6.45, 7) is 0.289. The van der Waals surface area contributed by atoms with E-state index in [1.807, 2.05) is 30.3 Å². The largest absolute Gasteiger partial charge is 0.485 e. The van der Waals surface area contributed by atoms with Crippen molar-refractivity contribution in [2.24, 2.45) is 0 Å². The normalized spacial score (nSPS) is 10.1. The summed E-state index contributed by atoms with van der Waals surface area (Å²) >= 11 is 1.80. The summed E-state index contributed by atoms with van der Waals surface area (Å²) < 4.78 is 18.9. The van der Waals surface area contributed by atoms with E-state index in [9.17, 15) is 9.18 Å². The van der Waals surface area contributed by atoms with Crippen molar-refractivity contribution in [2.45, 2.75) is 6.61 Å². The van der Waals surface area contributed by atoms with E-state index in [2.05, 4.69) is 0 Å². The molecular weight excluding hydrogens is 346 g/mol. The van der Waals surface area contributed by atoms with Crippen LogP contribution in [0.1, 0.15) is 5.56 Å². The van der Waals surface area contributed by atoms with Crippen molar-refractivity contribution in [3.05, 3.63) is 73.7 Å². The highest BCUT2D eigenvalue weighted by molar-refractivity contribution is 14.1. The summed E-state index contributed by atoms with van der Waals surface area (Å²) in [6.07, 6.45) is 0. The van der Waals surface area contributed by atoms with E-state index in [0.29, 0.717) is 3.57 Å². The van der Waals surface area contributed by atoms with Crippen LogP contribution in [0.5, 0.6) is 5.75 Å². The van der Waals surface area contributed by atoms with Crippen LogP contribution in [0.4, 0.5) is 4.39 Å². The standard InChI is InChI=1S/C14H10FIO2/c15-11-6-7-13(14(17)12(16)8-11)18-9-10-4-2-1-3-5-10/h1-8H,9H2. The zero-order valence-corrected chi connectivity index (χ0v) is 11.6. The van der Waals surface area contributed by atoms with Gasteiger partial charge in [0.25, 0.3) is 0 Å². The minimum atomic E-state index is -0.453. The van der Waals surface area contributed by atoms with Crippen LogP contribution in [0.15, 0.2) is 53.3 Å². The average Bonchev–Trinajstić information content (AvgIpc) is 2.50. The van der Waals surface area contributed by atoms with Crippen LogP contribution in [-0.4, -0.2) is 0 Å². The summed E-state index contributed by atoms with van der Waals surface area (Å²) in [7, 11) is 0. The Labute approximate surface area is 118 Å². The lowest BCUT2D eigenvalue weighted by Crippen LogP contribution is -2.07. The van der Waals surface area contributed by atoms with E-state index < -0.39 is 5.82 Å². The zero-order chi connectivity index (χ0) is 13.0. The highest BCUT2D eigenvalue weighted by Crippen LogP contribution is 2.10. The van der Waals surface area contributed by atoms with Crippen LogP contribution in [0.25, 0.3) is 0 Å². The Morgan fingerprint density at radius 3 is 2.56 bits per heavy atom. The Morgan fingerprint density at radius 2 is 1.83 bits per heavy atom. The second-order valence-electron chi connectivity index (χ2n) is 3.68. The molecule has 0 aromatic heterocycles. The van der Waals surface area contributed by atoms with Crippen LogP contribution in [0.2, 0.25) is 0 Å². The molecule has 0 aliphatic heterocycles.